The smallest absolute Gasteiger partial charge is 0.267 e. The van der Waals surface area contributed by atoms with E-state index in [0.29, 0.717) is 5.69 Å². The van der Waals surface area contributed by atoms with E-state index in [1.807, 2.05) is 32.0 Å². The van der Waals surface area contributed by atoms with Gasteiger partial charge in [-0.25, -0.2) is 0 Å². The van der Waals surface area contributed by atoms with Crippen molar-refractivity contribution in [2.45, 2.75) is 52.5 Å². The fraction of sp³-hybridized carbons (Fsp3) is 0.588. The molecule has 1 aromatic rings. The Morgan fingerprint density at radius 3 is 2.59 bits per heavy atom. The van der Waals surface area contributed by atoms with Crippen molar-refractivity contribution in [3.63, 3.8) is 0 Å². The Labute approximate surface area is 132 Å². The lowest BCUT2D eigenvalue weighted by molar-refractivity contribution is -0.125. The Morgan fingerprint density at radius 1 is 1.32 bits per heavy atom. The lowest BCUT2D eigenvalue weighted by atomic mass is 10.00. The van der Waals surface area contributed by atoms with Crippen LogP contribution in [0, 0.1) is 18.8 Å². The highest BCUT2D eigenvalue weighted by atomic mass is 16.3. The van der Waals surface area contributed by atoms with Gasteiger partial charge in [-0.1, -0.05) is 31.5 Å². The number of nitroso groups, excluding NO2 is 1. The van der Waals surface area contributed by atoms with Gasteiger partial charge in [-0.05, 0) is 57.3 Å². The number of benzene rings is 1. The first-order chi connectivity index (χ1) is 10.6. The molecule has 0 aliphatic carbocycles. The van der Waals surface area contributed by atoms with Gasteiger partial charge in [0.2, 0.25) is 0 Å². The van der Waals surface area contributed by atoms with E-state index in [2.05, 4.69) is 17.1 Å². The normalized spacial score (nSPS) is 19.0. The van der Waals surface area contributed by atoms with Crippen LogP contribution >= 0.6 is 0 Å². The molecule has 0 aromatic heterocycles. The van der Waals surface area contributed by atoms with E-state index in [0.717, 1.165) is 54.9 Å². The number of likely N-dealkylation sites (tertiary alicyclic amines) is 1. The van der Waals surface area contributed by atoms with Crippen LogP contribution in [0.25, 0.3) is 0 Å². The Hall–Kier alpha value is -1.75. The summed E-state index contributed by atoms with van der Waals surface area (Å²) >= 11 is 0. The Kier molecular flexibility index (Phi) is 5.66. The Balaban J connectivity index is 2.30. The van der Waals surface area contributed by atoms with E-state index in [1.54, 1.807) is 0 Å². The molecule has 0 saturated carbocycles. The van der Waals surface area contributed by atoms with Crippen molar-refractivity contribution in [3.05, 3.63) is 34.2 Å². The maximum absolute atomic E-state index is 12.9. The number of anilines is 1. The summed E-state index contributed by atoms with van der Waals surface area (Å²) in [4.78, 5) is 26.5. The van der Waals surface area contributed by atoms with Crippen molar-refractivity contribution >= 4 is 11.6 Å². The predicted molar refractivity (Wildman–Crippen MR) is 88.7 cm³/mol. The van der Waals surface area contributed by atoms with E-state index in [9.17, 15) is 9.70 Å². The van der Waals surface area contributed by atoms with Gasteiger partial charge in [-0.3, -0.25) is 9.69 Å². The van der Waals surface area contributed by atoms with Gasteiger partial charge >= 0.3 is 0 Å². The van der Waals surface area contributed by atoms with Crippen molar-refractivity contribution in [3.8, 4) is 0 Å². The maximum atomic E-state index is 12.9. The number of hydrogen-bond acceptors (Lipinski definition) is 4. The van der Waals surface area contributed by atoms with E-state index in [1.165, 1.54) is 0 Å². The molecule has 1 aliphatic heterocycles. The van der Waals surface area contributed by atoms with Gasteiger partial charge in [-0.15, -0.1) is 4.91 Å². The zero-order valence-electron chi connectivity index (χ0n) is 13.7. The molecule has 1 saturated heterocycles. The van der Waals surface area contributed by atoms with Crippen LogP contribution < -0.4 is 5.01 Å². The largest absolute Gasteiger partial charge is 0.292 e. The third-order valence-electron chi connectivity index (χ3n) is 4.35. The number of amides is 1. The summed E-state index contributed by atoms with van der Waals surface area (Å²) in [5, 5.41) is 4.13. The molecule has 5 heteroatoms. The van der Waals surface area contributed by atoms with E-state index >= 15 is 0 Å². The predicted octanol–water partition coefficient (Wildman–Crippen LogP) is 3.58. The molecule has 1 aromatic carbocycles. The molecule has 0 bridgehead atoms. The SMILES string of the molecule is CCCN1CCCC[C@H]1C(=O)N(N=O)c1c(C)cccc1C. The van der Waals surface area contributed by atoms with E-state index in [4.69, 9.17) is 0 Å². The van der Waals surface area contributed by atoms with Crippen LogP contribution in [0.5, 0.6) is 0 Å². The van der Waals surface area contributed by atoms with Gasteiger partial charge in [0.1, 0.15) is 0 Å². The summed E-state index contributed by atoms with van der Waals surface area (Å²) in [7, 11) is 0. The molecule has 0 spiro atoms. The molecule has 2 rings (SSSR count). The number of hydrogen-bond donors (Lipinski definition) is 0. The molecule has 0 unspecified atom stereocenters. The van der Waals surface area contributed by atoms with Gasteiger partial charge in [0, 0.05) is 0 Å². The van der Waals surface area contributed by atoms with Crippen molar-refractivity contribution in [1.29, 1.82) is 0 Å². The minimum atomic E-state index is -0.231. The van der Waals surface area contributed by atoms with Crippen molar-refractivity contribution in [2.75, 3.05) is 18.1 Å². The molecular weight excluding hydrogens is 278 g/mol. The molecule has 5 nitrogen and oxygen atoms in total. The first-order valence-corrected chi connectivity index (χ1v) is 8.07. The summed E-state index contributed by atoms with van der Waals surface area (Å²) in [6.45, 7) is 7.72. The highest BCUT2D eigenvalue weighted by Gasteiger charge is 2.33. The molecule has 1 heterocycles. The first kappa shape index (κ1) is 16.6. The monoisotopic (exact) mass is 303 g/mol. The third-order valence-corrected chi connectivity index (χ3v) is 4.35. The van der Waals surface area contributed by atoms with E-state index in [-0.39, 0.29) is 11.9 Å². The number of piperidine rings is 1. The summed E-state index contributed by atoms with van der Waals surface area (Å²) in [5.74, 6) is -0.194. The number of aryl methyl sites for hydroxylation is 2. The number of para-hydroxylation sites is 1. The summed E-state index contributed by atoms with van der Waals surface area (Å²) in [6.07, 6.45) is 3.94. The molecule has 120 valence electrons. The molecular formula is C17H25N3O2. The molecule has 1 amide bonds. The summed E-state index contributed by atoms with van der Waals surface area (Å²) in [5.41, 5.74) is 2.42. The first-order valence-electron chi connectivity index (χ1n) is 8.07. The lowest BCUT2D eigenvalue weighted by Crippen LogP contribution is -2.50. The third kappa shape index (κ3) is 3.35. The van der Waals surface area contributed by atoms with Crippen LogP contribution in [0.15, 0.2) is 23.5 Å². The number of nitrogens with zero attached hydrogens (tertiary/aromatic N) is 3. The highest BCUT2D eigenvalue weighted by molar-refractivity contribution is 5.97. The topological polar surface area (TPSA) is 53.0 Å². The van der Waals surface area contributed by atoms with Crippen LogP contribution in [-0.4, -0.2) is 29.9 Å². The molecule has 22 heavy (non-hydrogen) atoms. The second-order valence-electron chi connectivity index (χ2n) is 6.02. The number of carbonyl (C=O) groups is 1. The van der Waals surface area contributed by atoms with Crippen LogP contribution in [0.4, 0.5) is 5.69 Å². The zero-order chi connectivity index (χ0) is 16.1. The number of rotatable bonds is 5. The van der Waals surface area contributed by atoms with Crippen LogP contribution in [0.1, 0.15) is 43.7 Å². The maximum Gasteiger partial charge on any atom is 0.267 e. The van der Waals surface area contributed by atoms with Gasteiger partial charge in [0.05, 0.1) is 17.0 Å². The van der Waals surface area contributed by atoms with Gasteiger partial charge < -0.3 is 0 Å². The fourth-order valence-corrected chi connectivity index (χ4v) is 3.30. The van der Waals surface area contributed by atoms with Crippen molar-refractivity contribution < 1.29 is 4.79 Å². The lowest BCUT2D eigenvalue weighted by Gasteiger charge is -2.35. The van der Waals surface area contributed by atoms with Crippen LogP contribution in [-0.2, 0) is 4.79 Å². The zero-order valence-corrected chi connectivity index (χ0v) is 13.7. The van der Waals surface area contributed by atoms with Gasteiger partial charge in [0.15, 0.2) is 0 Å². The molecule has 0 radical (unpaired) electrons. The average Bonchev–Trinajstić information content (AvgIpc) is 2.51. The van der Waals surface area contributed by atoms with Gasteiger partial charge in [0.25, 0.3) is 5.91 Å². The summed E-state index contributed by atoms with van der Waals surface area (Å²) < 4.78 is 0. The number of carbonyl (C=O) groups excluding carboxylic acids is 1. The second-order valence-corrected chi connectivity index (χ2v) is 6.02. The van der Waals surface area contributed by atoms with Crippen LogP contribution in [0.3, 0.4) is 0 Å². The van der Waals surface area contributed by atoms with Crippen LogP contribution in [0.2, 0.25) is 0 Å². The second kappa shape index (κ2) is 7.49. The Bertz CT molecular complexity index is 522. The molecule has 1 atom stereocenters. The quantitative estimate of drug-likeness (QED) is 0.617. The van der Waals surface area contributed by atoms with Gasteiger partial charge in [-0.2, -0.15) is 5.01 Å². The molecule has 1 fully saturated rings. The van der Waals surface area contributed by atoms with Crippen molar-refractivity contribution in [2.24, 2.45) is 5.29 Å². The minimum absolute atomic E-state index is 0.194. The molecule has 1 aliphatic rings. The molecule has 0 N–H and O–H groups in total. The average molecular weight is 303 g/mol. The van der Waals surface area contributed by atoms with Crippen molar-refractivity contribution in [1.82, 2.24) is 4.90 Å². The Morgan fingerprint density at radius 2 is 2.00 bits per heavy atom. The minimum Gasteiger partial charge on any atom is -0.292 e. The van der Waals surface area contributed by atoms with E-state index < -0.39 is 0 Å². The summed E-state index contributed by atoms with van der Waals surface area (Å²) in [6, 6.07) is 5.49. The fourth-order valence-electron chi connectivity index (χ4n) is 3.30. The standard InChI is InChI=1S/C17H25N3O2/c1-4-11-19-12-6-5-10-15(19)17(21)20(18-22)16-13(2)8-7-9-14(16)3/h7-9,15H,4-6,10-12H2,1-3H3/t15-/m0/s1. The highest BCUT2D eigenvalue weighted by Crippen LogP contribution is 2.28.